The van der Waals surface area contributed by atoms with E-state index in [0.717, 1.165) is 22.4 Å². The fourth-order valence-electron chi connectivity index (χ4n) is 4.00. The number of nitrogens with zero attached hydrogens (tertiary/aromatic N) is 2. The molecule has 2 aliphatic heterocycles. The van der Waals surface area contributed by atoms with Crippen LogP contribution in [0.1, 0.15) is 40.7 Å². The SMILES string of the molecule is COC(=O)CCNCc1ccnc(-c2ccc3c(c2)CN(C2CCC(=O)NC2=O)C3=O)c1. The molecule has 9 heteroatoms. The molecule has 4 rings (SSSR count). The summed E-state index contributed by atoms with van der Waals surface area (Å²) in [6.45, 7) is 1.42. The average molecular weight is 436 g/mol. The lowest BCUT2D eigenvalue weighted by molar-refractivity contribution is -0.140. The van der Waals surface area contributed by atoms with E-state index in [4.69, 9.17) is 0 Å². The third kappa shape index (κ3) is 4.52. The number of amides is 3. The number of esters is 1. The van der Waals surface area contributed by atoms with E-state index in [0.29, 0.717) is 38.0 Å². The zero-order valence-electron chi connectivity index (χ0n) is 17.7. The highest BCUT2D eigenvalue weighted by Crippen LogP contribution is 2.30. The van der Waals surface area contributed by atoms with Gasteiger partial charge in [-0.2, -0.15) is 0 Å². The summed E-state index contributed by atoms with van der Waals surface area (Å²) >= 11 is 0. The van der Waals surface area contributed by atoms with E-state index in [1.165, 1.54) is 12.0 Å². The molecule has 0 aliphatic carbocycles. The summed E-state index contributed by atoms with van der Waals surface area (Å²) in [4.78, 5) is 53.7. The first-order valence-electron chi connectivity index (χ1n) is 10.5. The van der Waals surface area contributed by atoms with Gasteiger partial charge in [0, 0.05) is 43.4 Å². The number of carbonyl (C=O) groups is 4. The molecule has 9 nitrogen and oxygen atoms in total. The number of fused-ring (bicyclic) bond motifs is 1. The van der Waals surface area contributed by atoms with Gasteiger partial charge in [-0.3, -0.25) is 29.5 Å². The Morgan fingerprint density at radius 2 is 2.09 bits per heavy atom. The Labute approximate surface area is 185 Å². The fourth-order valence-corrected chi connectivity index (χ4v) is 4.00. The van der Waals surface area contributed by atoms with Crippen LogP contribution in [0.5, 0.6) is 0 Å². The predicted molar refractivity (Wildman–Crippen MR) is 114 cm³/mol. The minimum Gasteiger partial charge on any atom is -0.469 e. The average Bonchev–Trinajstić information content (AvgIpc) is 3.12. The molecule has 1 unspecified atom stereocenters. The third-order valence-corrected chi connectivity index (χ3v) is 5.71. The van der Waals surface area contributed by atoms with Crippen LogP contribution in [0.2, 0.25) is 0 Å². The number of hydrogen-bond donors (Lipinski definition) is 2. The summed E-state index contributed by atoms with van der Waals surface area (Å²) in [7, 11) is 1.37. The molecule has 3 heterocycles. The lowest BCUT2D eigenvalue weighted by atomic mass is 10.0. The van der Waals surface area contributed by atoms with Crippen molar-refractivity contribution in [2.45, 2.75) is 38.4 Å². The maximum atomic E-state index is 12.8. The first kappa shape index (κ1) is 21.6. The van der Waals surface area contributed by atoms with Crippen molar-refractivity contribution in [2.24, 2.45) is 0 Å². The number of imide groups is 1. The van der Waals surface area contributed by atoms with E-state index in [1.807, 2.05) is 24.3 Å². The zero-order chi connectivity index (χ0) is 22.7. The van der Waals surface area contributed by atoms with Gasteiger partial charge in [0.1, 0.15) is 6.04 Å². The quantitative estimate of drug-likeness (QED) is 0.380. The number of aromatic nitrogens is 1. The van der Waals surface area contributed by atoms with E-state index in [2.05, 4.69) is 20.4 Å². The molecule has 1 fully saturated rings. The van der Waals surface area contributed by atoms with Crippen LogP contribution in [-0.4, -0.2) is 53.3 Å². The molecule has 166 valence electrons. The number of carbonyl (C=O) groups excluding carboxylic acids is 4. The molecule has 1 atom stereocenters. The van der Waals surface area contributed by atoms with Crippen LogP contribution in [-0.2, 0) is 32.2 Å². The van der Waals surface area contributed by atoms with Crippen LogP contribution < -0.4 is 10.6 Å². The van der Waals surface area contributed by atoms with Gasteiger partial charge in [0.25, 0.3) is 5.91 Å². The van der Waals surface area contributed by atoms with Gasteiger partial charge in [-0.1, -0.05) is 6.07 Å². The molecule has 32 heavy (non-hydrogen) atoms. The third-order valence-electron chi connectivity index (χ3n) is 5.71. The monoisotopic (exact) mass is 436 g/mol. The second-order valence-electron chi connectivity index (χ2n) is 7.82. The van der Waals surface area contributed by atoms with Gasteiger partial charge >= 0.3 is 5.97 Å². The van der Waals surface area contributed by atoms with Gasteiger partial charge in [-0.05, 0) is 41.8 Å². The van der Waals surface area contributed by atoms with Crippen LogP contribution >= 0.6 is 0 Å². The molecule has 0 saturated carbocycles. The number of piperidine rings is 1. The van der Waals surface area contributed by atoms with Gasteiger partial charge in [-0.15, -0.1) is 0 Å². The Morgan fingerprint density at radius 1 is 1.25 bits per heavy atom. The smallest absolute Gasteiger partial charge is 0.306 e. The van der Waals surface area contributed by atoms with Crippen molar-refractivity contribution in [3.05, 3.63) is 53.2 Å². The molecular weight excluding hydrogens is 412 g/mol. The topological polar surface area (TPSA) is 118 Å². The molecular formula is C23H24N4O5. The highest BCUT2D eigenvalue weighted by atomic mass is 16.5. The number of hydrogen-bond acceptors (Lipinski definition) is 7. The van der Waals surface area contributed by atoms with E-state index in [-0.39, 0.29) is 24.2 Å². The molecule has 2 aliphatic rings. The first-order valence-corrected chi connectivity index (χ1v) is 10.5. The van der Waals surface area contributed by atoms with Crippen molar-refractivity contribution in [1.82, 2.24) is 20.5 Å². The number of methoxy groups -OCH3 is 1. The van der Waals surface area contributed by atoms with Crippen molar-refractivity contribution in [3.8, 4) is 11.3 Å². The number of pyridine rings is 1. The predicted octanol–water partition coefficient (Wildman–Crippen LogP) is 1.16. The molecule has 0 bridgehead atoms. The Balaban J connectivity index is 1.45. The fraction of sp³-hybridized carbons (Fsp3) is 0.348. The number of nitrogens with one attached hydrogen (secondary N) is 2. The molecule has 1 saturated heterocycles. The van der Waals surface area contributed by atoms with E-state index in [9.17, 15) is 19.2 Å². The van der Waals surface area contributed by atoms with Gasteiger partial charge in [0.05, 0.1) is 19.2 Å². The molecule has 2 N–H and O–H groups in total. The largest absolute Gasteiger partial charge is 0.469 e. The van der Waals surface area contributed by atoms with Crippen LogP contribution in [0.25, 0.3) is 11.3 Å². The van der Waals surface area contributed by atoms with Crippen LogP contribution in [0.4, 0.5) is 0 Å². The van der Waals surface area contributed by atoms with Crippen LogP contribution in [0, 0.1) is 0 Å². The Bertz CT molecular complexity index is 1080. The standard InChI is InChI=1S/C23H24N4O5/c1-32-21(29)7-8-24-12-14-6-9-25-18(10-14)15-2-3-17-16(11-15)13-27(23(17)31)19-4-5-20(28)26-22(19)30/h2-3,6,9-11,19,24H,4-5,7-8,12-13H2,1H3,(H,26,28,30). The minimum atomic E-state index is -0.631. The van der Waals surface area contributed by atoms with Gasteiger partial charge in [0.2, 0.25) is 11.8 Å². The second-order valence-corrected chi connectivity index (χ2v) is 7.82. The van der Waals surface area contributed by atoms with E-state index >= 15 is 0 Å². The Hall–Kier alpha value is -3.59. The second kappa shape index (κ2) is 9.27. The van der Waals surface area contributed by atoms with Crippen molar-refractivity contribution >= 4 is 23.7 Å². The molecule has 2 aromatic rings. The highest BCUT2D eigenvalue weighted by Gasteiger charge is 2.39. The maximum Gasteiger partial charge on any atom is 0.306 e. The summed E-state index contributed by atoms with van der Waals surface area (Å²) in [5.41, 5.74) is 4.06. The molecule has 0 spiro atoms. The molecule has 0 radical (unpaired) electrons. The normalized spacial score (nSPS) is 17.8. The first-order chi connectivity index (χ1) is 15.5. The lowest BCUT2D eigenvalue weighted by Crippen LogP contribution is -2.52. The Morgan fingerprint density at radius 3 is 2.88 bits per heavy atom. The molecule has 1 aromatic carbocycles. The van der Waals surface area contributed by atoms with E-state index < -0.39 is 11.9 Å². The minimum absolute atomic E-state index is 0.197. The summed E-state index contributed by atoms with van der Waals surface area (Å²) in [5, 5.41) is 5.51. The number of benzene rings is 1. The summed E-state index contributed by atoms with van der Waals surface area (Å²) in [6.07, 6.45) is 2.59. The lowest BCUT2D eigenvalue weighted by Gasteiger charge is -2.29. The molecule has 1 aromatic heterocycles. The summed E-state index contributed by atoms with van der Waals surface area (Å²) in [5.74, 6) is -1.18. The van der Waals surface area contributed by atoms with Crippen molar-refractivity contribution < 1.29 is 23.9 Å². The zero-order valence-corrected chi connectivity index (χ0v) is 17.7. The summed E-state index contributed by atoms with van der Waals surface area (Å²) in [6, 6.07) is 8.77. The van der Waals surface area contributed by atoms with Crippen LogP contribution in [0.15, 0.2) is 36.5 Å². The summed E-state index contributed by atoms with van der Waals surface area (Å²) < 4.78 is 4.63. The number of ether oxygens (including phenoxy) is 1. The van der Waals surface area contributed by atoms with E-state index in [1.54, 1.807) is 12.3 Å². The number of rotatable bonds is 7. The van der Waals surface area contributed by atoms with Crippen molar-refractivity contribution in [1.29, 1.82) is 0 Å². The van der Waals surface area contributed by atoms with Crippen molar-refractivity contribution in [2.75, 3.05) is 13.7 Å². The molecule has 3 amide bonds. The maximum absolute atomic E-state index is 12.8. The highest BCUT2D eigenvalue weighted by molar-refractivity contribution is 6.05. The van der Waals surface area contributed by atoms with Crippen molar-refractivity contribution in [3.63, 3.8) is 0 Å². The van der Waals surface area contributed by atoms with Gasteiger partial charge in [-0.25, -0.2) is 0 Å². The Kier molecular flexibility index (Phi) is 6.27. The van der Waals surface area contributed by atoms with Crippen LogP contribution in [0.3, 0.4) is 0 Å². The van der Waals surface area contributed by atoms with Gasteiger partial charge in [0.15, 0.2) is 0 Å². The van der Waals surface area contributed by atoms with Gasteiger partial charge < -0.3 is 15.0 Å².